The van der Waals surface area contributed by atoms with Crippen molar-refractivity contribution in [3.05, 3.63) is 29.8 Å². The van der Waals surface area contributed by atoms with E-state index in [2.05, 4.69) is 9.72 Å². The Morgan fingerprint density at radius 3 is 2.74 bits per heavy atom. The number of aromatic nitrogens is 1. The van der Waals surface area contributed by atoms with Crippen LogP contribution in [0, 0.1) is 5.82 Å². The SMILES string of the molecule is COC(=O)C[C@@H](NC(=O)c1ccncc1F)C(=O)O. The van der Waals surface area contributed by atoms with Crippen molar-refractivity contribution < 1.29 is 28.6 Å². The average Bonchev–Trinajstić information content (AvgIpc) is 2.37. The summed E-state index contributed by atoms with van der Waals surface area (Å²) in [5.74, 6) is -4.06. The van der Waals surface area contributed by atoms with E-state index in [1.54, 1.807) is 0 Å². The molecule has 0 aromatic carbocycles. The van der Waals surface area contributed by atoms with Crippen LogP contribution in [0.5, 0.6) is 0 Å². The van der Waals surface area contributed by atoms with E-state index in [1.807, 2.05) is 5.32 Å². The summed E-state index contributed by atoms with van der Waals surface area (Å²) in [6.07, 6.45) is 1.46. The van der Waals surface area contributed by atoms with Gasteiger partial charge in [-0.05, 0) is 6.07 Å². The van der Waals surface area contributed by atoms with Crippen LogP contribution >= 0.6 is 0 Å². The predicted molar refractivity (Wildman–Crippen MR) is 59.7 cm³/mol. The van der Waals surface area contributed by atoms with E-state index >= 15 is 0 Å². The Morgan fingerprint density at radius 1 is 1.53 bits per heavy atom. The van der Waals surface area contributed by atoms with Crippen molar-refractivity contribution in [2.24, 2.45) is 0 Å². The number of methoxy groups -OCH3 is 1. The fourth-order valence-corrected chi connectivity index (χ4v) is 1.25. The van der Waals surface area contributed by atoms with Gasteiger partial charge in [0.15, 0.2) is 5.82 Å². The van der Waals surface area contributed by atoms with Gasteiger partial charge in [-0.1, -0.05) is 0 Å². The van der Waals surface area contributed by atoms with Gasteiger partial charge in [0.25, 0.3) is 5.91 Å². The number of carboxylic acids is 1. The van der Waals surface area contributed by atoms with Crippen molar-refractivity contribution in [1.82, 2.24) is 10.3 Å². The van der Waals surface area contributed by atoms with Crippen LogP contribution in [0.25, 0.3) is 0 Å². The maximum atomic E-state index is 13.3. The lowest BCUT2D eigenvalue weighted by Crippen LogP contribution is -2.42. The first kappa shape index (κ1) is 14.6. The highest BCUT2D eigenvalue weighted by molar-refractivity contribution is 5.97. The zero-order valence-electron chi connectivity index (χ0n) is 9.92. The molecule has 0 saturated carbocycles. The molecule has 19 heavy (non-hydrogen) atoms. The second-order valence-electron chi connectivity index (χ2n) is 3.50. The van der Waals surface area contributed by atoms with Crippen LogP contribution in [0.4, 0.5) is 4.39 Å². The Kier molecular flexibility index (Phi) is 4.92. The quantitative estimate of drug-likeness (QED) is 0.728. The summed E-state index contributed by atoms with van der Waals surface area (Å²) < 4.78 is 17.6. The first-order chi connectivity index (χ1) is 8.95. The molecular weight excluding hydrogens is 259 g/mol. The van der Waals surface area contributed by atoms with Crippen LogP contribution in [0.15, 0.2) is 18.5 Å². The highest BCUT2D eigenvalue weighted by atomic mass is 19.1. The first-order valence-electron chi connectivity index (χ1n) is 5.15. The van der Waals surface area contributed by atoms with Crippen LogP contribution in [-0.4, -0.2) is 41.1 Å². The molecule has 0 aliphatic carbocycles. The van der Waals surface area contributed by atoms with Gasteiger partial charge in [-0.3, -0.25) is 14.6 Å². The van der Waals surface area contributed by atoms with E-state index in [-0.39, 0.29) is 5.56 Å². The maximum Gasteiger partial charge on any atom is 0.326 e. The van der Waals surface area contributed by atoms with Gasteiger partial charge in [0.1, 0.15) is 6.04 Å². The van der Waals surface area contributed by atoms with Crippen molar-refractivity contribution in [2.75, 3.05) is 7.11 Å². The molecule has 0 spiro atoms. The van der Waals surface area contributed by atoms with Gasteiger partial charge in [-0.2, -0.15) is 0 Å². The van der Waals surface area contributed by atoms with Crippen molar-refractivity contribution in [3.8, 4) is 0 Å². The largest absolute Gasteiger partial charge is 0.480 e. The molecule has 0 fully saturated rings. The Hall–Kier alpha value is -2.51. The van der Waals surface area contributed by atoms with E-state index in [4.69, 9.17) is 5.11 Å². The van der Waals surface area contributed by atoms with Gasteiger partial charge in [-0.25, -0.2) is 9.18 Å². The average molecular weight is 270 g/mol. The monoisotopic (exact) mass is 270 g/mol. The number of hydrogen-bond donors (Lipinski definition) is 2. The second-order valence-corrected chi connectivity index (χ2v) is 3.50. The molecule has 1 amide bonds. The lowest BCUT2D eigenvalue weighted by atomic mass is 10.1. The maximum absolute atomic E-state index is 13.3. The number of nitrogens with one attached hydrogen (secondary N) is 1. The molecule has 1 aromatic heterocycles. The van der Waals surface area contributed by atoms with Gasteiger partial charge in [0, 0.05) is 6.20 Å². The molecule has 1 atom stereocenters. The van der Waals surface area contributed by atoms with Gasteiger partial charge in [0.2, 0.25) is 0 Å². The van der Waals surface area contributed by atoms with Gasteiger partial charge >= 0.3 is 11.9 Å². The van der Waals surface area contributed by atoms with E-state index in [9.17, 15) is 18.8 Å². The van der Waals surface area contributed by atoms with Crippen molar-refractivity contribution >= 4 is 17.8 Å². The lowest BCUT2D eigenvalue weighted by molar-refractivity contribution is -0.147. The summed E-state index contributed by atoms with van der Waals surface area (Å²) in [7, 11) is 1.09. The Labute approximate surface area is 107 Å². The molecule has 0 aliphatic rings. The molecule has 1 aromatic rings. The number of carboxylic acid groups (broad SMARTS) is 1. The summed E-state index contributed by atoms with van der Waals surface area (Å²) in [6.45, 7) is 0. The molecule has 0 unspecified atom stereocenters. The lowest BCUT2D eigenvalue weighted by Gasteiger charge is -2.13. The number of carbonyl (C=O) groups excluding carboxylic acids is 2. The van der Waals surface area contributed by atoms with Crippen LogP contribution in [-0.2, 0) is 14.3 Å². The van der Waals surface area contributed by atoms with Crippen LogP contribution in [0.2, 0.25) is 0 Å². The molecule has 0 aliphatic heterocycles. The summed E-state index contributed by atoms with van der Waals surface area (Å²) in [4.78, 5) is 37.0. The number of ether oxygens (including phenoxy) is 1. The standard InChI is InChI=1S/C11H11FN2O5/c1-19-9(15)4-8(11(17)18)14-10(16)6-2-3-13-5-7(6)12/h2-3,5,8H,4H2,1H3,(H,14,16)(H,17,18)/t8-/m1/s1. The molecule has 7 nitrogen and oxygen atoms in total. The van der Waals surface area contributed by atoms with Gasteiger partial charge in [-0.15, -0.1) is 0 Å². The van der Waals surface area contributed by atoms with E-state index in [0.29, 0.717) is 0 Å². The summed E-state index contributed by atoms with van der Waals surface area (Å²) >= 11 is 0. The number of pyridine rings is 1. The zero-order chi connectivity index (χ0) is 14.4. The Bertz CT molecular complexity index is 506. The van der Waals surface area contributed by atoms with Crippen LogP contribution in [0.1, 0.15) is 16.8 Å². The number of halogens is 1. The van der Waals surface area contributed by atoms with Crippen molar-refractivity contribution in [1.29, 1.82) is 0 Å². The molecule has 0 saturated heterocycles. The fourth-order valence-electron chi connectivity index (χ4n) is 1.25. The summed E-state index contributed by atoms with van der Waals surface area (Å²) in [5.41, 5.74) is -0.355. The second kappa shape index (κ2) is 6.43. The Balaban J connectivity index is 2.80. The van der Waals surface area contributed by atoms with E-state index in [0.717, 1.165) is 19.4 Å². The molecule has 1 rings (SSSR count). The minimum absolute atomic E-state index is 0.355. The van der Waals surface area contributed by atoms with Gasteiger partial charge in [0.05, 0.1) is 25.3 Å². The number of amides is 1. The molecule has 8 heteroatoms. The topological polar surface area (TPSA) is 106 Å². The fraction of sp³-hybridized carbons (Fsp3) is 0.273. The predicted octanol–water partition coefficient (Wildman–Crippen LogP) is -0.0332. The minimum Gasteiger partial charge on any atom is -0.480 e. The van der Waals surface area contributed by atoms with E-state index < -0.39 is 36.1 Å². The van der Waals surface area contributed by atoms with Crippen LogP contribution < -0.4 is 5.32 Å². The van der Waals surface area contributed by atoms with E-state index in [1.165, 1.54) is 6.20 Å². The molecule has 1 heterocycles. The summed E-state index contributed by atoms with van der Waals surface area (Å²) in [6, 6.07) is -0.394. The molecule has 0 radical (unpaired) electrons. The third-order valence-electron chi connectivity index (χ3n) is 2.22. The number of carbonyl (C=O) groups is 3. The number of rotatable bonds is 5. The normalized spacial score (nSPS) is 11.5. The Morgan fingerprint density at radius 2 is 2.21 bits per heavy atom. The number of nitrogens with zero attached hydrogens (tertiary/aromatic N) is 1. The highest BCUT2D eigenvalue weighted by Gasteiger charge is 2.25. The zero-order valence-corrected chi connectivity index (χ0v) is 9.92. The van der Waals surface area contributed by atoms with Crippen molar-refractivity contribution in [3.63, 3.8) is 0 Å². The molecule has 102 valence electrons. The highest BCUT2D eigenvalue weighted by Crippen LogP contribution is 2.05. The smallest absolute Gasteiger partial charge is 0.326 e. The first-order valence-corrected chi connectivity index (χ1v) is 5.15. The van der Waals surface area contributed by atoms with Crippen LogP contribution in [0.3, 0.4) is 0 Å². The number of aliphatic carboxylic acids is 1. The molecule has 0 bridgehead atoms. The third-order valence-corrected chi connectivity index (χ3v) is 2.22. The number of hydrogen-bond acceptors (Lipinski definition) is 5. The molecular formula is C11H11FN2O5. The summed E-state index contributed by atoms with van der Waals surface area (Å²) in [5, 5.41) is 10.9. The minimum atomic E-state index is -1.49. The van der Waals surface area contributed by atoms with Crippen molar-refractivity contribution in [2.45, 2.75) is 12.5 Å². The van der Waals surface area contributed by atoms with Gasteiger partial charge < -0.3 is 15.2 Å². The number of esters is 1. The third kappa shape index (κ3) is 4.02. The molecule has 2 N–H and O–H groups in total.